The van der Waals surface area contributed by atoms with E-state index in [-0.39, 0.29) is 12.0 Å². The number of hydrogen-bond acceptors (Lipinski definition) is 3. The van der Waals surface area contributed by atoms with Gasteiger partial charge in [-0.1, -0.05) is 48.8 Å². The van der Waals surface area contributed by atoms with Crippen LogP contribution in [0, 0.1) is 0 Å². The van der Waals surface area contributed by atoms with Crippen molar-refractivity contribution >= 4 is 25.2 Å². The van der Waals surface area contributed by atoms with E-state index in [1.165, 1.54) is 5.56 Å². The topological polar surface area (TPSA) is 67.4 Å². The van der Waals surface area contributed by atoms with Gasteiger partial charge in [0, 0.05) is 12.0 Å². The zero-order valence-corrected chi connectivity index (χ0v) is 13.8. The van der Waals surface area contributed by atoms with Crippen molar-refractivity contribution in [2.24, 2.45) is 0 Å². The number of imide groups is 1. The maximum absolute atomic E-state index is 12.6. The Balaban J connectivity index is 1.83. The normalized spacial score (nSPS) is 24.4. The molecule has 124 valence electrons. The summed E-state index contributed by atoms with van der Waals surface area (Å²) in [5, 5.41) is 5.14. The molecule has 0 aliphatic carbocycles. The molecule has 1 fully saturated rings. The predicted octanol–water partition coefficient (Wildman–Crippen LogP) is 1.60. The second-order valence-corrected chi connectivity index (χ2v) is 6.48. The second-order valence-electron chi connectivity index (χ2n) is 6.48. The number of benzene rings is 2. The number of urea groups is 1. The van der Waals surface area contributed by atoms with Crippen LogP contribution in [0.5, 0.6) is 5.75 Å². The Morgan fingerprint density at radius 3 is 2.80 bits per heavy atom. The molecule has 0 aromatic heterocycles. The largest absolute Gasteiger partial charge is 0.485 e. The molecule has 0 bridgehead atoms. The van der Waals surface area contributed by atoms with Crippen LogP contribution in [-0.4, -0.2) is 19.8 Å². The molecule has 2 heterocycles. The molecule has 4 rings (SSSR count). The summed E-state index contributed by atoms with van der Waals surface area (Å²) in [7, 11) is 5.90. The third-order valence-corrected chi connectivity index (χ3v) is 4.90. The Labute approximate surface area is 147 Å². The predicted molar refractivity (Wildman–Crippen MR) is 94.0 cm³/mol. The van der Waals surface area contributed by atoms with E-state index >= 15 is 0 Å². The number of rotatable bonds is 2. The van der Waals surface area contributed by atoms with E-state index in [2.05, 4.69) is 29.7 Å². The standard InChI is InChI=1S/C19H17BN2O3/c1-2-11-4-3-5-12(8-11)16-10-19(17(23)21-18(24)22-19)14-9-13(20)6-7-15(14)25-16/h3-9,16H,2,10H2,1H3,(H2,21,22,23,24). The Kier molecular flexibility index (Phi) is 3.56. The quantitative estimate of drug-likeness (QED) is 0.648. The molecule has 2 N–H and O–H groups in total. The van der Waals surface area contributed by atoms with Crippen molar-refractivity contribution in [3.8, 4) is 5.75 Å². The first-order valence-corrected chi connectivity index (χ1v) is 8.31. The van der Waals surface area contributed by atoms with E-state index in [1.54, 1.807) is 18.2 Å². The number of nitrogens with one attached hydrogen (secondary N) is 2. The zero-order chi connectivity index (χ0) is 17.6. The van der Waals surface area contributed by atoms with Crippen molar-refractivity contribution in [2.75, 3.05) is 0 Å². The SMILES string of the molecule is [B]c1ccc2c(c1)C1(CC(c3cccc(CC)c3)O2)NC(=O)NC1=O. The first-order chi connectivity index (χ1) is 12.0. The molecule has 2 aromatic rings. The fourth-order valence-corrected chi connectivity index (χ4v) is 3.59. The highest BCUT2D eigenvalue weighted by Crippen LogP contribution is 2.45. The van der Waals surface area contributed by atoms with Crippen molar-refractivity contribution < 1.29 is 14.3 Å². The third-order valence-electron chi connectivity index (χ3n) is 4.90. The molecule has 2 unspecified atom stereocenters. The van der Waals surface area contributed by atoms with Crippen LogP contribution >= 0.6 is 0 Å². The number of carbonyl (C=O) groups is 2. The van der Waals surface area contributed by atoms with Gasteiger partial charge in [0.2, 0.25) is 0 Å². The smallest absolute Gasteiger partial charge is 0.322 e. The molecule has 3 amide bonds. The average molecular weight is 332 g/mol. The molecule has 0 saturated carbocycles. The van der Waals surface area contributed by atoms with E-state index in [0.717, 1.165) is 12.0 Å². The van der Waals surface area contributed by atoms with Gasteiger partial charge in [0.1, 0.15) is 19.7 Å². The lowest BCUT2D eigenvalue weighted by molar-refractivity contribution is -0.126. The van der Waals surface area contributed by atoms with E-state index < -0.39 is 11.6 Å². The summed E-state index contributed by atoms with van der Waals surface area (Å²) in [6.45, 7) is 2.09. The number of hydrogen-bond donors (Lipinski definition) is 2. The highest BCUT2D eigenvalue weighted by molar-refractivity contribution is 6.32. The monoisotopic (exact) mass is 332 g/mol. The Hall–Kier alpha value is -2.76. The molecule has 2 aliphatic rings. The number of carbonyl (C=O) groups excluding carboxylic acids is 2. The van der Waals surface area contributed by atoms with Gasteiger partial charge in [0.25, 0.3) is 5.91 Å². The first kappa shape index (κ1) is 15.8. The van der Waals surface area contributed by atoms with Crippen LogP contribution < -0.4 is 20.8 Å². The maximum Gasteiger partial charge on any atom is 0.322 e. The number of fused-ring (bicyclic) bond motifs is 2. The number of aryl methyl sites for hydroxylation is 1. The highest BCUT2D eigenvalue weighted by Gasteiger charge is 2.53. The van der Waals surface area contributed by atoms with Gasteiger partial charge in [0.05, 0.1) is 0 Å². The van der Waals surface area contributed by atoms with Gasteiger partial charge < -0.3 is 10.1 Å². The van der Waals surface area contributed by atoms with Crippen LogP contribution in [0.25, 0.3) is 0 Å². The fraction of sp³-hybridized carbons (Fsp3) is 0.263. The summed E-state index contributed by atoms with van der Waals surface area (Å²) in [5.74, 6) is 0.189. The third kappa shape index (κ3) is 2.49. The van der Waals surface area contributed by atoms with Crippen molar-refractivity contribution in [1.82, 2.24) is 10.6 Å². The van der Waals surface area contributed by atoms with E-state index in [1.807, 2.05) is 12.1 Å². The van der Waals surface area contributed by atoms with Gasteiger partial charge in [-0.3, -0.25) is 10.1 Å². The Bertz CT molecular complexity index is 883. The average Bonchev–Trinajstić information content (AvgIpc) is 2.89. The Morgan fingerprint density at radius 2 is 2.08 bits per heavy atom. The van der Waals surface area contributed by atoms with Gasteiger partial charge in [0.15, 0.2) is 5.54 Å². The van der Waals surface area contributed by atoms with Gasteiger partial charge >= 0.3 is 6.03 Å². The molecular weight excluding hydrogens is 315 g/mol. The second kappa shape index (κ2) is 5.65. The molecule has 2 atom stereocenters. The summed E-state index contributed by atoms with van der Waals surface area (Å²) in [6.07, 6.45) is 0.885. The minimum atomic E-state index is -1.16. The van der Waals surface area contributed by atoms with Crippen LogP contribution in [0.2, 0.25) is 0 Å². The van der Waals surface area contributed by atoms with Crippen molar-refractivity contribution in [2.45, 2.75) is 31.4 Å². The van der Waals surface area contributed by atoms with E-state index in [0.29, 0.717) is 23.2 Å². The minimum absolute atomic E-state index is 0.314. The summed E-state index contributed by atoms with van der Waals surface area (Å²) < 4.78 is 6.16. The van der Waals surface area contributed by atoms with Crippen molar-refractivity contribution in [3.05, 3.63) is 59.2 Å². The zero-order valence-electron chi connectivity index (χ0n) is 13.8. The summed E-state index contributed by atoms with van der Waals surface area (Å²) >= 11 is 0. The van der Waals surface area contributed by atoms with Crippen LogP contribution in [-0.2, 0) is 16.8 Å². The molecule has 2 radical (unpaired) electrons. The fourth-order valence-electron chi connectivity index (χ4n) is 3.59. The molecule has 1 spiro atoms. The van der Waals surface area contributed by atoms with Crippen molar-refractivity contribution in [1.29, 1.82) is 0 Å². The van der Waals surface area contributed by atoms with Crippen LogP contribution in [0.1, 0.15) is 36.1 Å². The molecular formula is C19H17BN2O3. The number of ether oxygens (including phenoxy) is 1. The molecule has 25 heavy (non-hydrogen) atoms. The Morgan fingerprint density at radius 1 is 1.24 bits per heavy atom. The lowest BCUT2D eigenvalue weighted by atomic mass is 9.78. The van der Waals surface area contributed by atoms with Gasteiger partial charge in [-0.05, 0) is 23.6 Å². The summed E-state index contributed by atoms with van der Waals surface area (Å²) in [5.41, 5.74) is 2.13. The molecule has 5 nitrogen and oxygen atoms in total. The first-order valence-electron chi connectivity index (χ1n) is 8.31. The molecule has 1 saturated heterocycles. The molecule has 2 aliphatic heterocycles. The maximum atomic E-state index is 12.6. The van der Waals surface area contributed by atoms with E-state index in [4.69, 9.17) is 12.6 Å². The van der Waals surface area contributed by atoms with Gasteiger partial charge in [-0.15, -0.1) is 0 Å². The van der Waals surface area contributed by atoms with Crippen LogP contribution in [0.3, 0.4) is 0 Å². The molecule has 2 aromatic carbocycles. The molecule has 6 heteroatoms. The minimum Gasteiger partial charge on any atom is -0.485 e. The number of amides is 3. The van der Waals surface area contributed by atoms with Crippen LogP contribution in [0.15, 0.2) is 42.5 Å². The van der Waals surface area contributed by atoms with Crippen LogP contribution in [0.4, 0.5) is 4.79 Å². The highest BCUT2D eigenvalue weighted by atomic mass is 16.5. The summed E-state index contributed by atoms with van der Waals surface area (Å²) in [6, 6.07) is 12.8. The van der Waals surface area contributed by atoms with Gasteiger partial charge in [-0.2, -0.15) is 0 Å². The summed E-state index contributed by atoms with van der Waals surface area (Å²) in [4.78, 5) is 24.5. The van der Waals surface area contributed by atoms with Crippen molar-refractivity contribution in [3.63, 3.8) is 0 Å². The van der Waals surface area contributed by atoms with E-state index in [9.17, 15) is 9.59 Å². The lowest BCUT2D eigenvalue weighted by Crippen LogP contribution is -2.48. The van der Waals surface area contributed by atoms with Gasteiger partial charge in [-0.25, -0.2) is 4.79 Å². The lowest BCUT2D eigenvalue weighted by Gasteiger charge is -2.38.